The second-order valence-corrected chi connectivity index (χ2v) is 10.9. The average molecular weight is 501 g/mol. The van der Waals surface area contributed by atoms with E-state index in [-0.39, 0.29) is 17.0 Å². The van der Waals surface area contributed by atoms with Gasteiger partial charge in [0.2, 0.25) is 6.23 Å². The topological polar surface area (TPSA) is 96.0 Å². The van der Waals surface area contributed by atoms with Crippen LogP contribution >= 0.6 is 11.6 Å². The maximum Gasteiger partial charge on any atom is 0.215 e. The van der Waals surface area contributed by atoms with E-state index in [4.69, 9.17) is 21.1 Å². The van der Waals surface area contributed by atoms with Crippen LogP contribution in [0.2, 0.25) is 5.02 Å². The van der Waals surface area contributed by atoms with Gasteiger partial charge in [0.25, 0.3) is 0 Å². The van der Waals surface area contributed by atoms with Gasteiger partial charge in [0.15, 0.2) is 5.82 Å². The molecule has 1 aliphatic carbocycles. The van der Waals surface area contributed by atoms with Gasteiger partial charge in [0, 0.05) is 18.1 Å². The molecule has 1 saturated heterocycles. The molecule has 0 spiro atoms. The lowest BCUT2D eigenvalue weighted by Gasteiger charge is -2.44. The van der Waals surface area contributed by atoms with Crippen LogP contribution in [0, 0.1) is 5.41 Å². The summed E-state index contributed by atoms with van der Waals surface area (Å²) in [4.78, 5) is 6.72. The van der Waals surface area contributed by atoms with E-state index in [1.807, 2.05) is 28.9 Å². The summed E-state index contributed by atoms with van der Waals surface area (Å²) in [6.45, 7) is 9.74. The molecule has 1 saturated carbocycles. The number of morpholine rings is 1. The lowest BCUT2D eigenvalue weighted by Crippen LogP contribution is -2.52. The van der Waals surface area contributed by atoms with Crippen LogP contribution in [0.15, 0.2) is 36.9 Å². The summed E-state index contributed by atoms with van der Waals surface area (Å²) in [6.07, 6.45) is 7.01. The monoisotopic (exact) mass is 500 g/mol. The van der Waals surface area contributed by atoms with Crippen LogP contribution in [0.3, 0.4) is 0 Å². The third-order valence-corrected chi connectivity index (χ3v) is 7.40. The van der Waals surface area contributed by atoms with Gasteiger partial charge < -0.3 is 9.47 Å². The van der Waals surface area contributed by atoms with E-state index in [1.54, 1.807) is 11.0 Å². The Hall–Kier alpha value is -2.56. The normalized spacial score (nSPS) is 20.6. The average Bonchev–Trinajstić information content (AvgIpc) is 3.62. The molecule has 188 valence electrons. The Kier molecular flexibility index (Phi) is 6.78. The van der Waals surface area contributed by atoms with Crippen LogP contribution < -0.4 is 4.74 Å². The summed E-state index contributed by atoms with van der Waals surface area (Å²) in [5, 5.41) is 18.6. The van der Waals surface area contributed by atoms with E-state index in [9.17, 15) is 0 Å². The zero-order chi connectivity index (χ0) is 24.5. The van der Waals surface area contributed by atoms with Gasteiger partial charge >= 0.3 is 0 Å². The molecule has 11 heteroatoms. The molecule has 0 unspecified atom stereocenters. The molecule has 1 aliphatic heterocycles. The maximum absolute atomic E-state index is 6.57. The number of rotatable bonds is 7. The zero-order valence-corrected chi connectivity index (χ0v) is 21.3. The number of tetrazole rings is 1. The first-order valence-corrected chi connectivity index (χ1v) is 12.6. The van der Waals surface area contributed by atoms with E-state index >= 15 is 0 Å². The van der Waals surface area contributed by atoms with Crippen molar-refractivity contribution in [2.45, 2.75) is 64.3 Å². The third-order valence-electron chi connectivity index (χ3n) is 7.14. The van der Waals surface area contributed by atoms with Gasteiger partial charge in [0.1, 0.15) is 24.4 Å². The summed E-state index contributed by atoms with van der Waals surface area (Å²) < 4.78 is 16.0. The second-order valence-electron chi connectivity index (χ2n) is 10.4. The highest BCUT2D eigenvalue weighted by Gasteiger charge is 2.49. The van der Waals surface area contributed by atoms with Gasteiger partial charge in [-0.3, -0.25) is 4.90 Å². The molecule has 1 aromatic carbocycles. The van der Waals surface area contributed by atoms with Gasteiger partial charge in [-0.1, -0.05) is 45.2 Å². The smallest absolute Gasteiger partial charge is 0.215 e. The van der Waals surface area contributed by atoms with E-state index in [1.165, 1.54) is 6.33 Å². The highest BCUT2D eigenvalue weighted by atomic mass is 35.5. The molecule has 0 bridgehead atoms. The summed E-state index contributed by atoms with van der Waals surface area (Å²) in [7, 11) is 0. The van der Waals surface area contributed by atoms with Crippen LogP contribution in [0.1, 0.15) is 64.5 Å². The highest BCUT2D eigenvalue weighted by Crippen LogP contribution is 2.47. The molecule has 3 aromatic rings. The van der Waals surface area contributed by atoms with E-state index in [2.05, 4.69) is 51.3 Å². The summed E-state index contributed by atoms with van der Waals surface area (Å²) in [5.41, 5.74) is -0.498. The van der Waals surface area contributed by atoms with Crippen molar-refractivity contribution >= 4 is 11.6 Å². The van der Waals surface area contributed by atoms with Crippen molar-refractivity contribution in [3.05, 3.63) is 47.8 Å². The molecule has 3 heterocycles. The van der Waals surface area contributed by atoms with Gasteiger partial charge in [-0.15, -0.1) is 5.10 Å². The second kappa shape index (κ2) is 9.83. The Bertz CT molecular complexity index is 1080. The molecule has 0 amide bonds. The lowest BCUT2D eigenvalue weighted by molar-refractivity contribution is -0.0381. The molecule has 2 aromatic heterocycles. The van der Waals surface area contributed by atoms with E-state index in [0.29, 0.717) is 10.8 Å². The Balaban J connectivity index is 1.59. The first-order valence-electron chi connectivity index (χ1n) is 12.3. The molecule has 5 rings (SSSR count). The Morgan fingerprint density at radius 2 is 1.80 bits per heavy atom. The molecular weight excluding hydrogens is 468 g/mol. The molecule has 2 atom stereocenters. The maximum atomic E-state index is 6.57. The van der Waals surface area contributed by atoms with Crippen LogP contribution in [0.4, 0.5) is 0 Å². The van der Waals surface area contributed by atoms with Crippen molar-refractivity contribution < 1.29 is 9.47 Å². The minimum atomic E-state index is -0.538. The Labute approximate surface area is 210 Å². The predicted molar refractivity (Wildman–Crippen MR) is 130 cm³/mol. The van der Waals surface area contributed by atoms with Crippen molar-refractivity contribution in [2.24, 2.45) is 5.41 Å². The van der Waals surface area contributed by atoms with Gasteiger partial charge in [-0.25, -0.2) is 14.3 Å². The van der Waals surface area contributed by atoms with Gasteiger partial charge in [-0.2, -0.15) is 5.10 Å². The van der Waals surface area contributed by atoms with Gasteiger partial charge in [-0.05, 0) is 52.9 Å². The number of nitrogens with zero attached hydrogens (tertiary/aromatic N) is 8. The Morgan fingerprint density at radius 1 is 1.09 bits per heavy atom. The number of halogens is 1. The van der Waals surface area contributed by atoms with Crippen LogP contribution in [0.25, 0.3) is 0 Å². The molecule has 0 N–H and O–H groups in total. The fourth-order valence-corrected chi connectivity index (χ4v) is 5.63. The minimum absolute atomic E-state index is 0.218. The number of hydrogen-bond donors (Lipinski definition) is 0. The molecule has 2 fully saturated rings. The number of aromatic nitrogens is 7. The number of benzene rings is 1. The quantitative estimate of drug-likeness (QED) is 0.482. The van der Waals surface area contributed by atoms with Crippen molar-refractivity contribution in [2.75, 3.05) is 26.3 Å². The van der Waals surface area contributed by atoms with Crippen molar-refractivity contribution in [1.82, 2.24) is 39.9 Å². The first kappa shape index (κ1) is 24.1. The summed E-state index contributed by atoms with van der Waals surface area (Å²) >= 11 is 6.12. The molecule has 35 heavy (non-hydrogen) atoms. The third kappa shape index (κ3) is 4.79. The summed E-state index contributed by atoms with van der Waals surface area (Å²) in [6, 6.07) is 7.08. The summed E-state index contributed by atoms with van der Waals surface area (Å²) in [5.74, 6) is 1.57. The van der Waals surface area contributed by atoms with Crippen molar-refractivity contribution in [1.29, 1.82) is 0 Å². The van der Waals surface area contributed by atoms with Crippen molar-refractivity contribution in [3.8, 4) is 5.75 Å². The molecule has 10 nitrogen and oxygen atoms in total. The molecule has 0 radical (unpaired) electrons. The zero-order valence-electron chi connectivity index (χ0n) is 20.5. The fraction of sp³-hybridized carbons (Fsp3) is 0.625. The first-order chi connectivity index (χ1) is 16.9. The standard InChI is InChI=1S/C24H33ClN8O2/c1-23(2,3)20(21(32-17-26-16-27-32)35-19-8-6-18(25)7-9-19)33-22(28-29-30-33)24(10-4-5-11-24)31-12-14-34-15-13-31/h6-9,16-17,20-21H,4-5,10-15H2,1-3H3/t20-,21+/m0/s1. The largest absolute Gasteiger partial charge is 0.466 e. The fourth-order valence-electron chi connectivity index (χ4n) is 5.50. The van der Waals surface area contributed by atoms with E-state index in [0.717, 1.165) is 57.8 Å². The molecular formula is C24H33ClN8O2. The van der Waals surface area contributed by atoms with E-state index < -0.39 is 6.23 Å². The number of ether oxygens (including phenoxy) is 2. The van der Waals surface area contributed by atoms with Crippen molar-refractivity contribution in [3.63, 3.8) is 0 Å². The van der Waals surface area contributed by atoms with Crippen LogP contribution in [0.5, 0.6) is 5.75 Å². The van der Waals surface area contributed by atoms with Gasteiger partial charge in [0.05, 0.1) is 18.8 Å². The predicted octanol–water partition coefficient (Wildman–Crippen LogP) is 3.88. The van der Waals surface area contributed by atoms with Crippen LogP contribution in [-0.4, -0.2) is 66.2 Å². The lowest BCUT2D eigenvalue weighted by atomic mass is 9.84. The highest BCUT2D eigenvalue weighted by molar-refractivity contribution is 6.30. The SMILES string of the molecule is CC(C)(C)[C@H]([C@@H](Oc1ccc(Cl)cc1)n1cncn1)n1nnnc1C1(N2CCOCC2)CCCC1. The number of hydrogen-bond acceptors (Lipinski definition) is 8. The minimum Gasteiger partial charge on any atom is -0.466 e. The molecule has 2 aliphatic rings. The van der Waals surface area contributed by atoms with Crippen LogP contribution in [-0.2, 0) is 10.3 Å². The Morgan fingerprint density at radius 3 is 2.43 bits per heavy atom.